The van der Waals surface area contributed by atoms with E-state index in [0.29, 0.717) is 11.6 Å². The Morgan fingerprint density at radius 2 is 2.00 bits per heavy atom. The highest BCUT2D eigenvalue weighted by atomic mass is 35.5. The molecule has 3 aromatic rings. The normalized spacial score (nSPS) is 10.9. The van der Waals surface area contributed by atoms with Crippen molar-refractivity contribution in [1.29, 1.82) is 0 Å². The van der Waals surface area contributed by atoms with Gasteiger partial charge >= 0.3 is 0 Å². The quantitative estimate of drug-likeness (QED) is 0.758. The minimum atomic E-state index is 0.644. The molecule has 2 aromatic heterocycles. The number of anilines is 1. The second-order valence-corrected chi connectivity index (χ2v) is 4.98. The van der Waals surface area contributed by atoms with Gasteiger partial charge in [0, 0.05) is 23.7 Å². The Balaban J connectivity index is 1.86. The Hall–Kier alpha value is -2.00. The van der Waals surface area contributed by atoms with Crippen LogP contribution in [0.1, 0.15) is 18.4 Å². The molecule has 0 saturated heterocycles. The molecule has 0 radical (unpaired) electrons. The van der Waals surface area contributed by atoms with Crippen molar-refractivity contribution in [2.24, 2.45) is 0 Å². The van der Waals surface area contributed by atoms with Crippen LogP contribution in [0.25, 0.3) is 10.9 Å². The molecular weight excluding hydrogens is 272 g/mol. The van der Waals surface area contributed by atoms with Gasteiger partial charge in [-0.15, -0.1) is 0 Å². The van der Waals surface area contributed by atoms with Crippen LogP contribution in [-0.4, -0.2) is 4.98 Å². The van der Waals surface area contributed by atoms with Crippen LogP contribution in [0, 0.1) is 0 Å². The third kappa shape index (κ3) is 2.49. The highest BCUT2D eigenvalue weighted by molar-refractivity contribution is 6.35. The standard InChI is InChI=1S/C16H15ClN2O/c1-2-11-5-6-12(20-11)10-19-15-8-7-14(17)16-13(15)4-3-9-18-16/h3-9,19H,2,10H2,1H3. The maximum absolute atomic E-state index is 6.16. The molecule has 1 aromatic carbocycles. The first kappa shape index (κ1) is 13.0. The third-order valence-corrected chi connectivity index (χ3v) is 3.54. The van der Waals surface area contributed by atoms with Crippen molar-refractivity contribution in [3.05, 3.63) is 59.1 Å². The lowest BCUT2D eigenvalue weighted by Gasteiger charge is -2.09. The molecule has 0 saturated carbocycles. The summed E-state index contributed by atoms with van der Waals surface area (Å²) in [6.45, 7) is 2.72. The molecule has 20 heavy (non-hydrogen) atoms. The summed E-state index contributed by atoms with van der Waals surface area (Å²) >= 11 is 6.16. The van der Waals surface area contributed by atoms with Gasteiger partial charge in [-0.25, -0.2) is 0 Å². The molecular formula is C16H15ClN2O. The van der Waals surface area contributed by atoms with Crippen LogP contribution in [0.3, 0.4) is 0 Å². The lowest BCUT2D eigenvalue weighted by atomic mass is 10.2. The van der Waals surface area contributed by atoms with Crippen LogP contribution >= 0.6 is 11.6 Å². The van der Waals surface area contributed by atoms with E-state index in [0.717, 1.165) is 34.5 Å². The number of rotatable bonds is 4. The van der Waals surface area contributed by atoms with Crippen LogP contribution in [0.5, 0.6) is 0 Å². The molecule has 0 atom stereocenters. The van der Waals surface area contributed by atoms with Crippen LogP contribution < -0.4 is 5.32 Å². The zero-order valence-corrected chi connectivity index (χ0v) is 11.9. The number of hydrogen-bond acceptors (Lipinski definition) is 3. The average Bonchev–Trinajstić information content (AvgIpc) is 2.95. The molecule has 0 spiro atoms. The van der Waals surface area contributed by atoms with Crippen molar-refractivity contribution < 1.29 is 4.42 Å². The summed E-state index contributed by atoms with van der Waals surface area (Å²) in [5, 5.41) is 5.06. The first-order valence-electron chi connectivity index (χ1n) is 6.62. The highest BCUT2D eigenvalue weighted by Gasteiger charge is 2.06. The van der Waals surface area contributed by atoms with Gasteiger partial charge in [-0.05, 0) is 36.4 Å². The molecule has 0 amide bonds. The number of nitrogens with one attached hydrogen (secondary N) is 1. The summed E-state index contributed by atoms with van der Waals surface area (Å²) in [7, 11) is 0. The van der Waals surface area contributed by atoms with Crippen molar-refractivity contribution in [3.63, 3.8) is 0 Å². The summed E-state index contributed by atoms with van der Waals surface area (Å²) in [6, 6.07) is 11.8. The molecule has 102 valence electrons. The number of fused-ring (bicyclic) bond motifs is 1. The number of furan rings is 1. The van der Waals surface area contributed by atoms with Gasteiger partial charge in [0.15, 0.2) is 0 Å². The van der Waals surface area contributed by atoms with E-state index < -0.39 is 0 Å². The molecule has 0 bridgehead atoms. The van der Waals surface area contributed by atoms with E-state index in [4.69, 9.17) is 16.0 Å². The summed E-state index contributed by atoms with van der Waals surface area (Å²) in [6.07, 6.45) is 2.66. The predicted octanol–water partition coefficient (Wildman–Crippen LogP) is 4.66. The Kier molecular flexibility index (Phi) is 3.61. The van der Waals surface area contributed by atoms with Crippen LogP contribution in [0.4, 0.5) is 5.69 Å². The van der Waals surface area contributed by atoms with E-state index in [1.165, 1.54) is 0 Å². The smallest absolute Gasteiger partial charge is 0.123 e. The second-order valence-electron chi connectivity index (χ2n) is 4.57. The van der Waals surface area contributed by atoms with E-state index in [1.54, 1.807) is 6.20 Å². The molecule has 4 heteroatoms. The van der Waals surface area contributed by atoms with Crippen molar-refractivity contribution in [2.75, 3.05) is 5.32 Å². The van der Waals surface area contributed by atoms with Crippen LogP contribution in [-0.2, 0) is 13.0 Å². The number of benzene rings is 1. The lowest BCUT2D eigenvalue weighted by molar-refractivity contribution is 0.476. The van der Waals surface area contributed by atoms with Crippen molar-refractivity contribution >= 4 is 28.2 Å². The second kappa shape index (κ2) is 5.55. The van der Waals surface area contributed by atoms with Gasteiger partial charge in [-0.1, -0.05) is 18.5 Å². The van der Waals surface area contributed by atoms with E-state index in [-0.39, 0.29) is 0 Å². The number of halogens is 1. The minimum absolute atomic E-state index is 0.644. The largest absolute Gasteiger partial charge is 0.464 e. The van der Waals surface area contributed by atoms with Gasteiger partial charge in [0.2, 0.25) is 0 Å². The third-order valence-electron chi connectivity index (χ3n) is 3.24. The van der Waals surface area contributed by atoms with Gasteiger partial charge in [-0.2, -0.15) is 0 Å². The summed E-state index contributed by atoms with van der Waals surface area (Å²) in [4.78, 5) is 4.32. The fourth-order valence-corrected chi connectivity index (χ4v) is 2.40. The van der Waals surface area contributed by atoms with Gasteiger partial charge in [0.05, 0.1) is 17.1 Å². The average molecular weight is 287 g/mol. The van der Waals surface area contributed by atoms with E-state index in [1.807, 2.05) is 36.4 Å². The van der Waals surface area contributed by atoms with Crippen molar-refractivity contribution in [1.82, 2.24) is 4.98 Å². The number of nitrogens with zero attached hydrogens (tertiary/aromatic N) is 1. The first-order valence-corrected chi connectivity index (χ1v) is 7.00. The molecule has 0 unspecified atom stereocenters. The summed E-state index contributed by atoms with van der Waals surface area (Å²) in [5.74, 6) is 1.93. The number of pyridine rings is 1. The summed E-state index contributed by atoms with van der Waals surface area (Å²) in [5.41, 5.74) is 1.82. The van der Waals surface area contributed by atoms with Crippen molar-refractivity contribution in [2.45, 2.75) is 19.9 Å². The zero-order chi connectivity index (χ0) is 13.9. The molecule has 0 aliphatic heterocycles. The SMILES string of the molecule is CCc1ccc(CNc2ccc(Cl)c3ncccc23)o1. The lowest BCUT2D eigenvalue weighted by Crippen LogP contribution is -1.99. The maximum Gasteiger partial charge on any atom is 0.123 e. The topological polar surface area (TPSA) is 38.1 Å². The minimum Gasteiger partial charge on any atom is -0.464 e. The predicted molar refractivity (Wildman–Crippen MR) is 82.2 cm³/mol. The molecule has 1 N–H and O–H groups in total. The molecule has 3 nitrogen and oxygen atoms in total. The van der Waals surface area contributed by atoms with Crippen LogP contribution in [0.2, 0.25) is 5.02 Å². The first-order chi connectivity index (χ1) is 9.78. The Labute approximate surface area is 122 Å². The Morgan fingerprint density at radius 3 is 2.80 bits per heavy atom. The van der Waals surface area contributed by atoms with Gasteiger partial charge in [-0.3, -0.25) is 4.98 Å². The van der Waals surface area contributed by atoms with E-state index >= 15 is 0 Å². The fourth-order valence-electron chi connectivity index (χ4n) is 2.18. The zero-order valence-electron chi connectivity index (χ0n) is 11.2. The molecule has 2 heterocycles. The van der Waals surface area contributed by atoms with E-state index in [9.17, 15) is 0 Å². The monoisotopic (exact) mass is 286 g/mol. The number of aromatic nitrogens is 1. The van der Waals surface area contributed by atoms with Gasteiger partial charge in [0.1, 0.15) is 11.5 Å². The highest BCUT2D eigenvalue weighted by Crippen LogP contribution is 2.28. The number of hydrogen-bond donors (Lipinski definition) is 1. The maximum atomic E-state index is 6.16. The van der Waals surface area contributed by atoms with Gasteiger partial charge < -0.3 is 9.73 Å². The molecule has 3 rings (SSSR count). The molecule has 0 fully saturated rings. The molecule has 0 aliphatic carbocycles. The van der Waals surface area contributed by atoms with E-state index in [2.05, 4.69) is 17.2 Å². The Morgan fingerprint density at radius 1 is 1.15 bits per heavy atom. The van der Waals surface area contributed by atoms with Crippen LogP contribution in [0.15, 0.2) is 47.0 Å². The Bertz CT molecular complexity index is 736. The fraction of sp³-hybridized carbons (Fsp3) is 0.188. The summed E-state index contributed by atoms with van der Waals surface area (Å²) < 4.78 is 5.69. The van der Waals surface area contributed by atoms with Crippen molar-refractivity contribution in [3.8, 4) is 0 Å². The van der Waals surface area contributed by atoms with Gasteiger partial charge in [0.25, 0.3) is 0 Å². The number of aryl methyl sites for hydroxylation is 1. The molecule has 0 aliphatic rings.